The van der Waals surface area contributed by atoms with Crippen LogP contribution in [0.2, 0.25) is 0 Å². The molecule has 1 aromatic carbocycles. The summed E-state index contributed by atoms with van der Waals surface area (Å²) < 4.78 is 18.4. The van der Waals surface area contributed by atoms with Gasteiger partial charge in [-0.3, -0.25) is 0 Å². The third kappa shape index (κ3) is 4.53. The highest BCUT2D eigenvalue weighted by atomic mass is 32.2. The summed E-state index contributed by atoms with van der Waals surface area (Å²) in [6.45, 7) is 7.25. The van der Waals surface area contributed by atoms with Crippen LogP contribution in [0.4, 0.5) is 9.18 Å². The Morgan fingerprint density at radius 3 is 2.82 bits per heavy atom. The van der Waals surface area contributed by atoms with Gasteiger partial charge in [-0.05, 0) is 38.1 Å². The van der Waals surface area contributed by atoms with E-state index in [1.54, 1.807) is 12.1 Å². The van der Waals surface area contributed by atoms with Crippen LogP contribution >= 0.6 is 11.8 Å². The molecule has 3 unspecified atom stereocenters. The van der Waals surface area contributed by atoms with Gasteiger partial charge >= 0.3 is 6.03 Å². The lowest BCUT2D eigenvalue weighted by Crippen LogP contribution is -2.54. The van der Waals surface area contributed by atoms with Gasteiger partial charge in [0.15, 0.2) is 0 Å². The van der Waals surface area contributed by atoms with Crippen LogP contribution in [0.25, 0.3) is 0 Å². The molecular formula is C16H23FN2O2S. The van der Waals surface area contributed by atoms with Crippen LogP contribution in [0, 0.1) is 5.82 Å². The summed E-state index contributed by atoms with van der Waals surface area (Å²) in [6, 6.07) is 5.93. The lowest BCUT2D eigenvalue weighted by atomic mass is 10.2. The van der Waals surface area contributed by atoms with Crippen LogP contribution in [0.5, 0.6) is 5.75 Å². The van der Waals surface area contributed by atoms with E-state index in [0.717, 1.165) is 12.3 Å². The average molecular weight is 326 g/mol. The number of amides is 2. The van der Waals surface area contributed by atoms with E-state index in [9.17, 15) is 9.18 Å². The van der Waals surface area contributed by atoms with Gasteiger partial charge in [-0.1, -0.05) is 6.92 Å². The van der Waals surface area contributed by atoms with Crippen molar-refractivity contribution in [2.45, 2.75) is 38.1 Å². The number of carbonyl (C=O) groups excluding carboxylic acids is 1. The summed E-state index contributed by atoms with van der Waals surface area (Å²) in [5.41, 5.74) is 0. The first-order chi connectivity index (χ1) is 10.5. The van der Waals surface area contributed by atoms with Gasteiger partial charge in [-0.15, -0.1) is 0 Å². The van der Waals surface area contributed by atoms with Gasteiger partial charge in [0.2, 0.25) is 0 Å². The number of nitrogens with one attached hydrogen (secondary N) is 1. The van der Waals surface area contributed by atoms with Crippen molar-refractivity contribution in [2.24, 2.45) is 0 Å². The zero-order valence-electron chi connectivity index (χ0n) is 13.2. The highest BCUT2D eigenvalue weighted by Crippen LogP contribution is 2.24. The van der Waals surface area contributed by atoms with E-state index < -0.39 is 0 Å². The molecule has 1 aliphatic rings. The standard InChI is InChI=1S/C16H23FN2O2S/c1-11(10-21-15-6-4-14(17)5-7-15)18-16(20)19-8-9-22-13(3)12(19)2/h4-7,11-13H,8-10H2,1-3H3,(H,18,20). The zero-order valence-corrected chi connectivity index (χ0v) is 14.0. The number of halogens is 1. The molecule has 0 aliphatic carbocycles. The number of hydrogen-bond donors (Lipinski definition) is 1. The third-order valence-corrected chi connectivity index (χ3v) is 5.17. The van der Waals surface area contributed by atoms with E-state index in [1.165, 1.54) is 12.1 Å². The van der Waals surface area contributed by atoms with Crippen molar-refractivity contribution in [3.05, 3.63) is 30.1 Å². The fourth-order valence-corrected chi connectivity index (χ4v) is 3.41. The van der Waals surface area contributed by atoms with E-state index in [0.29, 0.717) is 17.6 Å². The first-order valence-corrected chi connectivity index (χ1v) is 8.59. The summed E-state index contributed by atoms with van der Waals surface area (Å²) in [4.78, 5) is 14.2. The molecule has 122 valence electrons. The van der Waals surface area contributed by atoms with Crippen LogP contribution in [-0.4, -0.2) is 47.2 Å². The van der Waals surface area contributed by atoms with Crippen LogP contribution in [0.1, 0.15) is 20.8 Å². The summed E-state index contributed by atoms with van der Waals surface area (Å²) in [6.07, 6.45) is 0. The number of rotatable bonds is 4. The number of thioether (sulfide) groups is 1. The predicted octanol–water partition coefficient (Wildman–Crippen LogP) is 3.13. The first kappa shape index (κ1) is 16.9. The van der Waals surface area contributed by atoms with E-state index in [4.69, 9.17) is 4.74 Å². The maximum atomic E-state index is 12.8. The van der Waals surface area contributed by atoms with Gasteiger partial charge in [0.25, 0.3) is 0 Å². The molecule has 1 N–H and O–H groups in total. The van der Waals surface area contributed by atoms with Gasteiger partial charge in [0.1, 0.15) is 18.2 Å². The van der Waals surface area contributed by atoms with E-state index in [-0.39, 0.29) is 23.9 Å². The SMILES string of the molecule is CC(COc1ccc(F)cc1)NC(=O)N1CCSC(C)C1C. The molecule has 1 aromatic rings. The smallest absolute Gasteiger partial charge is 0.318 e. The predicted molar refractivity (Wildman–Crippen MR) is 88.0 cm³/mol. The molecule has 0 aromatic heterocycles. The number of nitrogens with zero attached hydrogens (tertiary/aromatic N) is 1. The minimum Gasteiger partial charge on any atom is -0.491 e. The van der Waals surface area contributed by atoms with Crippen LogP contribution in [0.15, 0.2) is 24.3 Å². The lowest BCUT2D eigenvalue weighted by molar-refractivity contribution is 0.171. The van der Waals surface area contributed by atoms with Crippen molar-refractivity contribution in [1.29, 1.82) is 0 Å². The molecule has 1 fully saturated rings. The molecule has 0 spiro atoms. The van der Waals surface area contributed by atoms with Gasteiger partial charge in [-0.2, -0.15) is 11.8 Å². The van der Waals surface area contributed by atoms with E-state index in [1.807, 2.05) is 23.6 Å². The zero-order chi connectivity index (χ0) is 16.1. The first-order valence-electron chi connectivity index (χ1n) is 7.54. The Bertz CT molecular complexity index is 497. The molecule has 1 aliphatic heterocycles. The maximum absolute atomic E-state index is 12.8. The van der Waals surface area contributed by atoms with Crippen molar-refractivity contribution < 1.29 is 13.9 Å². The Hall–Kier alpha value is -1.43. The van der Waals surface area contributed by atoms with Gasteiger partial charge in [0.05, 0.1) is 6.04 Å². The topological polar surface area (TPSA) is 41.6 Å². The minimum atomic E-state index is -0.292. The molecule has 2 rings (SSSR count). The van der Waals surface area contributed by atoms with Crippen molar-refractivity contribution in [2.75, 3.05) is 18.9 Å². The molecule has 3 atom stereocenters. The summed E-state index contributed by atoms with van der Waals surface area (Å²) in [7, 11) is 0. The second kappa shape index (κ2) is 7.72. The monoisotopic (exact) mass is 326 g/mol. The molecule has 22 heavy (non-hydrogen) atoms. The van der Waals surface area contributed by atoms with E-state index in [2.05, 4.69) is 19.2 Å². The third-order valence-electron chi connectivity index (χ3n) is 3.83. The number of ether oxygens (including phenoxy) is 1. The van der Waals surface area contributed by atoms with Crippen molar-refractivity contribution in [3.63, 3.8) is 0 Å². The number of hydrogen-bond acceptors (Lipinski definition) is 3. The maximum Gasteiger partial charge on any atom is 0.318 e. The number of urea groups is 1. The average Bonchev–Trinajstić information content (AvgIpc) is 2.49. The number of benzene rings is 1. The Kier molecular flexibility index (Phi) is 5.94. The van der Waals surface area contributed by atoms with Crippen LogP contribution < -0.4 is 10.1 Å². The molecule has 0 saturated carbocycles. The lowest BCUT2D eigenvalue weighted by Gasteiger charge is -2.38. The van der Waals surface area contributed by atoms with Crippen molar-refractivity contribution >= 4 is 17.8 Å². The number of carbonyl (C=O) groups is 1. The minimum absolute atomic E-state index is 0.0464. The van der Waals surface area contributed by atoms with Gasteiger partial charge < -0.3 is 15.0 Å². The quantitative estimate of drug-likeness (QED) is 0.924. The fraction of sp³-hybridized carbons (Fsp3) is 0.562. The van der Waals surface area contributed by atoms with Gasteiger partial charge in [-0.25, -0.2) is 9.18 Å². The molecule has 2 amide bonds. The summed E-state index contributed by atoms with van der Waals surface area (Å²) in [5, 5.41) is 3.41. The second-order valence-electron chi connectivity index (χ2n) is 5.63. The Morgan fingerprint density at radius 1 is 1.45 bits per heavy atom. The van der Waals surface area contributed by atoms with E-state index >= 15 is 0 Å². The Morgan fingerprint density at radius 2 is 2.14 bits per heavy atom. The fourth-order valence-electron chi connectivity index (χ4n) is 2.31. The summed E-state index contributed by atoms with van der Waals surface area (Å²) >= 11 is 1.90. The normalized spacial score (nSPS) is 23.0. The highest BCUT2D eigenvalue weighted by molar-refractivity contribution is 8.00. The molecule has 1 heterocycles. The highest BCUT2D eigenvalue weighted by Gasteiger charge is 2.29. The van der Waals surface area contributed by atoms with Crippen molar-refractivity contribution in [1.82, 2.24) is 10.2 Å². The molecule has 6 heteroatoms. The van der Waals surface area contributed by atoms with Gasteiger partial charge in [0, 0.05) is 23.6 Å². The largest absolute Gasteiger partial charge is 0.491 e. The Labute approximate surface area is 135 Å². The second-order valence-corrected chi connectivity index (χ2v) is 7.11. The molecule has 4 nitrogen and oxygen atoms in total. The molecule has 1 saturated heterocycles. The van der Waals surface area contributed by atoms with Crippen LogP contribution in [0.3, 0.4) is 0 Å². The Balaban J connectivity index is 1.79. The molecular weight excluding hydrogens is 303 g/mol. The molecule has 0 bridgehead atoms. The molecule has 0 radical (unpaired) electrons. The summed E-state index contributed by atoms with van der Waals surface area (Å²) in [5.74, 6) is 1.28. The van der Waals surface area contributed by atoms with Crippen molar-refractivity contribution in [3.8, 4) is 5.75 Å². The van der Waals surface area contributed by atoms with Crippen LogP contribution in [-0.2, 0) is 0 Å².